The molecule has 0 saturated carbocycles. The fourth-order valence-corrected chi connectivity index (χ4v) is 4.18. The van der Waals surface area contributed by atoms with E-state index in [0.717, 1.165) is 17.4 Å². The molecule has 98 valence electrons. The molecule has 0 aliphatic carbocycles. The summed E-state index contributed by atoms with van der Waals surface area (Å²) in [5, 5.41) is 0. The minimum Gasteiger partial charge on any atom is -0.340 e. The van der Waals surface area contributed by atoms with Crippen LogP contribution < -0.4 is 4.90 Å². The highest BCUT2D eigenvalue weighted by Gasteiger charge is 2.22. The number of rotatable bonds is 2. The second kappa shape index (κ2) is 5.22. The number of aryl methyl sites for hydroxylation is 1. The molecule has 2 aromatic rings. The van der Waals surface area contributed by atoms with Crippen molar-refractivity contribution in [1.29, 1.82) is 0 Å². The van der Waals surface area contributed by atoms with E-state index in [2.05, 4.69) is 71.1 Å². The Morgan fingerprint density at radius 1 is 1.05 bits per heavy atom. The molecular formula is C16H16BrNS. The maximum absolute atomic E-state index is 3.57. The van der Waals surface area contributed by atoms with Crippen molar-refractivity contribution >= 4 is 39.1 Å². The predicted octanol–water partition coefficient (Wildman–Crippen LogP) is 5.77. The average molecular weight is 334 g/mol. The molecule has 2 aromatic carbocycles. The highest BCUT2D eigenvalue weighted by molar-refractivity contribution is 9.10. The van der Waals surface area contributed by atoms with Gasteiger partial charge < -0.3 is 4.90 Å². The van der Waals surface area contributed by atoms with Gasteiger partial charge in [-0.1, -0.05) is 40.7 Å². The fourth-order valence-electron chi connectivity index (χ4n) is 2.43. The van der Waals surface area contributed by atoms with Crippen LogP contribution in [0.15, 0.2) is 50.7 Å². The number of hydrogen-bond acceptors (Lipinski definition) is 2. The molecule has 3 rings (SSSR count). The Bertz CT molecular complexity index is 573. The lowest BCUT2D eigenvalue weighted by Gasteiger charge is -2.33. The smallest absolute Gasteiger partial charge is 0.0553 e. The number of benzene rings is 2. The summed E-state index contributed by atoms with van der Waals surface area (Å²) in [6.07, 6.45) is 1.15. The molecule has 0 spiro atoms. The quantitative estimate of drug-likeness (QED) is 0.686. The number of hydrogen-bond donors (Lipinski definition) is 0. The van der Waals surface area contributed by atoms with Crippen molar-refractivity contribution in [3.8, 4) is 0 Å². The standard InChI is InChI=1S/C16H16BrNS/c1-3-8-18-13-6-4-11(2)9-15(13)19-16-10-12(17)5-7-14(16)18/h4-7,9-10H,3,8H2,1-2H3. The zero-order valence-corrected chi connectivity index (χ0v) is 13.5. The lowest BCUT2D eigenvalue weighted by atomic mass is 10.1. The second-order valence-corrected chi connectivity index (χ2v) is 6.84. The third kappa shape index (κ3) is 2.41. The molecule has 1 aliphatic heterocycles. The summed E-state index contributed by atoms with van der Waals surface area (Å²) < 4.78 is 1.14. The predicted molar refractivity (Wildman–Crippen MR) is 86.7 cm³/mol. The van der Waals surface area contributed by atoms with Gasteiger partial charge in [0.25, 0.3) is 0 Å². The minimum atomic E-state index is 1.06. The molecule has 0 bridgehead atoms. The van der Waals surface area contributed by atoms with Crippen molar-refractivity contribution < 1.29 is 0 Å². The topological polar surface area (TPSA) is 3.24 Å². The van der Waals surface area contributed by atoms with Gasteiger partial charge in [0.05, 0.1) is 11.4 Å². The van der Waals surface area contributed by atoms with E-state index in [0.29, 0.717) is 0 Å². The first-order valence-electron chi connectivity index (χ1n) is 6.54. The van der Waals surface area contributed by atoms with Gasteiger partial charge in [-0.3, -0.25) is 0 Å². The van der Waals surface area contributed by atoms with Crippen LogP contribution in [0.3, 0.4) is 0 Å². The highest BCUT2D eigenvalue weighted by Crippen LogP contribution is 2.49. The fraction of sp³-hybridized carbons (Fsp3) is 0.250. The lowest BCUT2D eigenvalue weighted by molar-refractivity contribution is 0.865. The molecule has 0 aromatic heterocycles. The van der Waals surface area contributed by atoms with Gasteiger partial charge in [0.2, 0.25) is 0 Å². The van der Waals surface area contributed by atoms with E-state index < -0.39 is 0 Å². The van der Waals surface area contributed by atoms with E-state index in [-0.39, 0.29) is 0 Å². The summed E-state index contributed by atoms with van der Waals surface area (Å²) in [5.41, 5.74) is 3.99. The largest absolute Gasteiger partial charge is 0.340 e. The molecular weight excluding hydrogens is 318 g/mol. The Morgan fingerprint density at radius 2 is 1.74 bits per heavy atom. The second-order valence-electron chi connectivity index (χ2n) is 4.84. The summed E-state index contributed by atoms with van der Waals surface area (Å²) in [7, 11) is 0. The maximum atomic E-state index is 3.57. The summed E-state index contributed by atoms with van der Waals surface area (Å²) >= 11 is 5.44. The monoisotopic (exact) mass is 333 g/mol. The van der Waals surface area contributed by atoms with Crippen molar-refractivity contribution in [1.82, 2.24) is 0 Å². The average Bonchev–Trinajstić information content (AvgIpc) is 2.37. The van der Waals surface area contributed by atoms with Crippen LogP contribution in [-0.4, -0.2) is 6.54 Å². The molecule has 3 heteroatoms. The van der Waals surface area contributed by atoms with E-state index >= 15 is 0 Å². The summed E-state index contributed by atoms with van der Waals surface area (Å²) in [6.45, 7) is 5.45. The molecule has 19 heavy (non-hydrogen) atoms. The number of nitrogens with zero attached hydrogens (tertiary/aromatic N) is 1. The Kier molecular flexibility index (Phi) is 3.59. The zero-order valence-electron chi connectivity index (χ0n) is 11.1. The van der Waals surface area contributed by atoms with Crippen molar-refractivity contribution in [3.05, 3.63) is 46.4 Å². The number of anilines is 2. The third-order valence-corrected chi connectivity index (χ3v) is 4.87. The van der Waals surface area contributed by atoms with Crippen LogP contribution in [0.4, 0.5) is 11.4 Å². The van der Waals surface area contributed by atoms with Gasteiger partial charge >= 0.3 is 0 Å². The molecule has 0 atom stereocenters. The molecule has 0 amide bonds. The summed E-state index contributed by atoms with van der Waals surface area (Å²) in [6, 6.07) is 13.3. The first kappa shape index (κ1) is 13.1. The van der Waals surface area contributed by atoms with Gasteiger partial charge in [-0.15, -0.1) is 0 Å². The van der Waals surface area contributed by atoms with Crippen molar-refractivity contribution in [2.75, 3.05) is 11.4 Å². The first-order valence-corrected chi connectivity index (χ1v) is 8.15. The van der Waals surface area contributed by atoms with E-state index in [9.17, 15) is 0 Å². The van der Waals surface area contributed by atoms with Crippen LogP contribution in [0.5, 0.6) is 0 Å². The van der Waals surface area contributed by atoms with Crippen LogP contribution in [0, 0.1) is 6.92 Å². The van der Waals surface area contributed by atoms with E-state index in [1.807, 2.05) is 11.8 Å². The molecule has 0 fully saturated rings. The molecule has 0 N–H and O–H groups in total. The molecule has 0 unspecified atom stereocenters. The minimum absolute atomic E-state index is 1.06. The Morgan fingerprint density at radius 3 is 2.47 bits per heavy atom. The Balaban J connectivity index is 2.14. The van der Waals surface area contributed by atoms with E-state index in [4.69, 9.17) is 0 Å². The number of halogens is 1. The lowest BCUT2D eigenvalue weighted by Crippen LogP contribution is -2.21. The van der Waals surface area contributed by atoms with Crippen LogP contribution in [0.25, 0.3) is 0 Å². The van der Waals surface area contributed by atoms with Crippen molar-refractivity contribution in [3.63, 3.8) is 0 Å². The number of fused-ring (bicyclic) bond motifs is 2. The van der Waals surface area contributed by atoms with Gasteiger partial charge in [-0.2, -0.15) is 0 Å². The normalized spacial score (nSPS) is 13.1. The molecule has 0 radical (unpaired) electrons. The maximum Gasteiger partial charge on any atom is 0.0553 e. The van der Waals surface area contributed by atoms with E-state index in [1.165, 1.54) is 26.7 Å². The van der Waals surface area contributed by atoms with Crippen molar-refractivity contribution in [2.24, 2.45) is 0 Å². The van der Waals surface area contributed by atoms with Gasteiger partial charge in [-0.25, -0.2) is 0 Å². The zero-order chi connectivity index (χ0) is 13.4. The first-order chi connectivity index (χ1) is 9.19. The molecule has 0 saturated heterocycles. The van der Waals surface area contributed by atoms with Gasteiger partial charge in [-0.05, 0) is 49.2 Å². The van der Waals surface area contributed by atoms with Crippen LogP contribution in [0.1, 0.15) is 18.9 Å². The van der Waals surface area contributed by atoms with Gasteiger partial charge in [0.15, 0.2) is 0 Å². The van der Waals surface area contributed by atoms with Crippen molar-refractivity contribution in [2.45, 2.75) is 30.1 Å². The van der Waals surface area contributed by atoms with Gasteiger partial charge in [0, 0.05) is 20.8 Å². The molecule has 1 heterocycles. The van der Waals surface area contributed by atoms with Crippen LogP contribution >= 0.6 is 27.7 Å². The summed E-state index contributed by atoms with van der Waals surface area (Å²) in [4.78, 5) is 5.13. The Labute approximate surface area is 127 Å². The highest BCUT2D eigenvalue weighted by atomic mass is 79.9. The van der Waals surface area contributed by atoms with Crippen LogP contribution in [0.2, 0.25) is 0 Å². The van der Waals surface area contributed by atoms with Gasteiger partial charge in [0.1, 0.15) is 0 Å². The van der Waals surface area contributed by atoms with Crippen LogP contribution in [-0.2, 0) is 0 Å². The Hall–Kier alpha value is -0.930. The third-order valence-electron chi connectivity index (χ3n) is 3.29. The van der Waals surface area contributed by atoms with E-state index in [1.54, 1.807) is 0 Å². The summed E-state index contributed by atoms with van der Waals surface area (Å²) in [5.74, 6) is 0. The SMILES string of the molecule is CCCN1c2ccc(C)cc2Sc2cc(Br)ccc21. The molecule has 1 nitrogen and oxygen atoms in total. The molecule has 1 aliphatic rings.